The van der Waals surface area contributed by atoms with Crippen LogP contribution in [0.25, 0.3) is 11.3 Å². The molecule has 5 heteroatoms. The fourth-order valence-corrected chi connectivity index (χ4v) is 3.25. The number of benzene rings is 1. The smallest absolute Gasteiger partial charge is 0.416 e. The van der Waals surface area contributed by atoms with Gasteiger partial charge in [0.15, 0.2) is 5.13 Å². The van der Waals surface area contributed by atoms with Gasteiger partial charge in [0, 0.05) is 10.9 Å². The second-order valence-corrected chi connectivity index (χ2v) is 5.61. The monoisotopic (exact) mass is 288 g/mol. The van der Waals surface area contributed by atoms with Crippen LogP contribution in [0.2, 0.25) is 0 Å². The van der Waals surface area contributed by atoms with Crippen LogP contribution in [0.15, 0.2) is 35.7 Å². The second kappa shape index (κ2) is 5.63. The molecule has 4 nitrogen and oxygen atoms in total. The molecule has 1 atom stereocenters. The molecule has 0 radical (unpaired) electrons. The molecular weight excluding hydrogens is 272 g/mol. The average Bonchev–Trinajstić information content (AvgIpc) is 3.07. The van der Waals surface area contributed by atoms with Gasteiger partial charge in [0.05, 0.1) is 11.7 Å². The molecule has 1 aliphatic heterocycles. The van der Waals surface area contributed by atoms with Crippen LogP contribution in [-0.2, 0) is 4.74 Å². The molecule has 2 aromatic rings. The lowest BCUT2D eigenvalue weighted by Gasteiger charge is -2.17. The van der Waals surface area contributed by atoms with Crippen molar-refractivity contribution in [2.24, 2.45) is 0 Å². The maximum Gasteiger partial charge on any atom is 0.416 e. The number of ether oxygens (including phenoxy) is 1. The molecule has 0 saturated carbocycles. The molecule has 0 aliphatic carbocycles. The Labute approximate surface area is 122 Å². The van der Waals surface area contributed by atoms with Crippen molar-refractivity contribution in [3.8, 4) is 11.3 Å². The van der Waals surface area contributed by atoms with Crippen LogP contribution in [0.5, 0.6) is 0 Å². The number of hydrogen-bond acceptors (Lipinski definition) is 4. The molecule has 0 N–H and O–H groups in total. The zero-order valence-electron chi connectivity index (χ0n) is 11.3. The van der Waals surface area contributed by atoms with Gasteiger partial charge in [0.2, 0.25) is 0 Å². The van der Waals surface area contributed by atoms with Crippen LogP contribution in [0.4, 0.5) is 9.93 Å². The molecule has 1 fully saturated rings. The number of carbonyl (C=O) groups excluding carboxylic acids is 1. The van der Waals surface area contributed by atoms with E-state index in [1.165, 1.54) is 11.3 Å². The first-order valence-corrected chi connectivity index (χ1v) is 7.64. The summed E-state index contributed by atoms with van der Waals surface area (Å²) in [4.78, 5) is 18.2. The van der Waals surface area contributed by atoms with Crippen LogP contribution in [0.1, 0.15) is 19.8 Å². The summed E-state index contributed by atoms with van der Waals surface area (Å²) in [7, 11) is 0. The minimum atomic E-state index is -0.280. The molecule has 104 valence electrons. The summed E-state index contributed by atoms with van der Waals surface area (Å²) in [6.45, 7) is 2.57. The highest BCUT2D eigenvalue weighted by molar-refractivity contribution is 7.14. The van der Waals surface area contributed by atoms with E-state index in [9.17, 15) is 4.79 Å². The summed E-state index contributed by atoms with van der Waals surface area (Å²) in [6, 6.07) is 10.1. The van der Waals surface area contributed by atoms with Crippen LogP contribution < -0.4 is 4.90 Å². The number of aromatic nitrogens is 1. The third-order valence-electron chi connectivity index (χ3n) is 3.35. The Bertz CT molecular complexity index is 597. The van der Waals surface area contributed by atoms with E-state index in [1.54, 1.807) is 4.90 Å². The van der Waals surface area contributed by atoms with E-state index in [4.69, 9.17) is 4.74 Å². The Morgan fingerprint density at radius 1 is 1.40 bits per heavy atom. The molecule has 3 rings (SSSR count). The van der Waals surface area contributed by atoms with E-state index in [1.807, 2.05) is 35.7 Å². The van der Waals surface area contributed by atoms with Crippen molar-refractivity contribution in [2.45, 2.75) is 25.8 Å². The molecule has 1 amide bonds. The summed E-state index contributed by atoms with van der Waals surface area (Å²) in [6.07, 6.45) is 1.68. The van der Waals surface area contributed by atoms with E-state index in [2.05, 4.69) is 11.9 Å². The molecular formula is C15H16N2O2S. The topological polar surface area (TPSA) is 42.4 Å². The fraction of sp³-hybridized carbons (Fsp3) is 0.333. The van der Waals surface area contributed by atoms with Crippen molar-refractivity contribution in [3.05, 3.63) is 35.7 Å². The standard InChI is InChI=1S/C15H16N2O2S/c1-2-6-12-9-19-15(18)17(12)14-16-13(10-20-14)11-7-4-3-5-8-11/h3-5,7-8,10,12H,2,6,9H2,1H3/t12-/m0/s1. The first-order valence-electron chi connectivity index (χ1n) is 6.76. The average molecular weight is 288 g/mol. The first-order chi connectivity index (χ1) is 9.79. The van der Waals surface area contributed by atoms with E-state index < -0.39 is 0 Å². The van der Waals surface area contributed by atoms with Gasteiger partial charge in [0.1, 0.15) is 6.61 Å². The predicted octanol–water partition coefficient (Wildman–Crippen LogP) is 3.94. The van der Waals surface area contributed by atoms with Gasteiger partial charge < -0.3 is 4.74 Å². The Hall–Kier alpha value is -1.88. The second-order valence-electron chi connectivity index (χ2n) is 4.77. The van der Waals surface area contributed by atoms with Crippen molar-refractivity contribution in [1.82, 2.24) is 4.98 Å². The number of rotatable bonds is 4. The first kappa shape index (κ1) is 13.1. The van der Waals surface area contributed by atoms with Crippen molar-refractivity contribution < 1.29 is 9.53 Å². The van der Waals surface area contributed by atoms with Crippen LogP contribution in [0, 0.1) is 0 Å². The van der Waals surface area contributed by atoms with Crippen molar-refractivity contribution >= 4 is 22.6 Å². The minimum Gasteiger partial charge on any atom is -0.447 e. The maximum absolute atomic E-state index is 11.9. The quantitative estimate of drug-likeness (QED) is 0.856. The molecule has 0 spiro atoms. The van der Waals surface area contributed by atoms with Crippen molar-refractivity contribution in [2.75, 3.05) is 11.5 Å². The zero-order chi connectivity index (χ0) is 13.9. The zero-order valence-corrected chi connectivity index (χ0v) is 12.1. The predicted molar refractivity (Wildman–Crippen MR) is 80.1 cm³/mol. The van der Waals surface area contributed by atoms with E-state index in [-0.39, 0.29) is 12.1 Å². The van der Waals surface area contributed by atoms with Gasteiger partial charge in [-0.1, -0.05) is 43.7 Å². The number of amides is 1. The molecule has 1 aliphatic rings. The summed E-state index contributed by atoms with van der Waals surface area (Å²) >= 11 is 1.49. The summed E-state index contributed by atoms with van der Waals surface area (Å²) in [5.74, 6) is 0. The number of nitrogens with zero attached hydrogens (tertiary/aromatic N) is 2. The van der Waals surface area contributed by atoms with Gasteiger partial charge in [-0.25, -0.2) is 14.7 Å². The van der Waals surface area contributed by atoms with Crippen molar-refractivity contribution in [3.63, 3.8) is 0 Å². The van der Waals surface area contributed by atoms with Crippen LogP contribution in [0.3, 0.4) is 0 Å². The van der Waals surface area contributed by atoms with Gasteiger partial charge in [-0.2, -0.15) is 0 Å². The summed E-state index contributed by atoms with van der Waals surface area (Å²) in [5, 5.41) is 2.71. The van der Waals surface area contributed by atoms with Gasteiger partial charge in [-0.3, -0.25) is 0 Å². The number of thiazole rings is 1. The van der Waals surface area contributed by atoms with Gasteiger partial charge in [-0.05, 0) is 6.42 Å². The van der Waals surface area contributed by atoms with Gasteiger partial charge in [-0.15, -0.1) is 11.3 Å². The van der Waals surface area contributed by atoms with E-state index in [0.717, 1.165) is 29.2 Å². The Morgan fingerprint density at radius 3 is 2.95 bits per heavy atom. The van der Waals surface area contributed by atoms with Gasteiger partial charge >= 0.3 is 6.09 Å². The summed E-state index contributed by atoms with van der Waals surface area (Å²) in [5.41, 5.74) is 1.97. The SMILES string of the molecule is CCC[C@H]1COC(=O)N1c1nc(-c2ccccc2)cs1. The third-order valence-corrected chi connectivity index (χ3v) is 4.19. The minimum absolute atomic E-state index is 0.113. The van der Waals surface area contributed by atoms with E-state index >= 15 is 0 Å². The van der Waals surface area contributed by atoms with Crippen LogP contribution >= 0.6 is 11.3 Å². The molecule has 2 heterocycles. The Kier molecular flexibility index (Phi) is 3.69. The molecule has 1 aromatic heterocycles. The maximum atomic E-state index is 11.9. The lowest BCUT2D eigenvalue weighted by Crippen LogP contribution is -2.33. The van der Waals surface area contributed by atoms with E-state index in [0.29, 0.717) is 6.61 Å². The number of cyclic esters (lactones) is 1. The highest BCUT2D eigenvalue weighted by Crippen LogP contribution is 2.31. The molecule has 20 heavy (non-hydrogen) atoms. The molecule has 1 saturated heterocycles. The lowest BCUT2D eigenvalue weighted by molar-refractivity contribution is 0.178. The molecule has 1 aromatic carbocycles. The fourth-order valence-electron chi connectivity index (χ4n) is 2.36. The van der Waals surface area contributed by atoms with Gasteiger partial charge in [0.25, 0.3) is 0 Å². The summed E-state index contributed by atoms with van der Waals surface area (Å²) < 4.78 is 5.15. The molecule has 0 bridgehead atoms. The Morgan fingerprint density at radius 2 is 2.20 bits per heavy atom. The third kappa shape index (κ3) is 2.41. The molecule has 0 unspecified atom stereocenters. The number of hydrogen-bond donors (Lipinski definition) is 0. The lowest BCUT2D eigenvalue weighted by atomic mass is 10.2. The normalized spacial score (nSPS) is 18.4. The Balaban J connectivity index is 1.87. The van der Waals surface area contributed by atoms with Crippen molar-refractivity contribution in [1.29, 1.82) is 0 Å². The number of carbonyl (C=O) groups is 1. The van der Waals surface area contributed by atoms with Crippen LogP contribution in [-0.4, -0.2) is 23.7 Å². The highest BCUT2D eigenvalue weighted by atomic mass is 32.1. The number of anilines is 1. The highest BCUT2D eigenvalue weighted by Gasteiger charge is 2.35. The largest absolute Gasteiger partial charge is 0.447 e.